The third-order valence-electron chi connectivity index (χ3n) is 2.95. The average molecular weight is 166 g/mol. The molecule has 0 radical (unpaired) electrons. The lowest BCUT2D eigenvalue weighted by Gasteiger charge is -2.13. The Hall–Kier alpha value is -0.260. The van der Waals surface area contributed by atoms with Gasteiger partial charge in [-0.05, 0) is 25.2 Å². The smallest absolute Gasteiger partial charge is 0.0322 e. The molecule has 0 nitrogen and oxygen atoms in total. The zero-order valence-electron chi connectivity index (χ0n) is 8.39. The molecule has 0 heterocycles. The summed E-state index contributed by atoms with van der Waals surface area (Å²) in [4.78, 5) is 0. The molecule has 0 saturated carbocycles. The molecule has 0 spiro atoms. The Bertz CT molecular complexity index is 124. The predicted octanol–water partition coefficient (Wildman–Crippen LogP) is 4.31. The van der Waals surface area contributed by atoms with Crippen molar-refractivity contribution < 1.29 is 0 Å². The van der Waals surface area contributed by atoms with Crippen LogP contribution in [0.4, 0.5) is 0 Å². The summed E-state index contributed by atoms with van der Waals surface area (Å²) in [6, 6.07) is 0. The van der Waals surface area contributed by atoms with Gasteiger partial charge in [0.05, 0.1) is 0 Å². The summed E-state index contributed by atoms with van der Waals surface area (Å²) < 4.78 is 0. The van der Waals surface area contributed by atoms with Crippen LogP contribution in [0, 0.1) is 5.92 Å². The van der Waals surface area contributed by atoms with Gasteiger partial charge >= 0.3 is 0 Å². The number of hydrogen-bond donors (Lipinski definition) is 0. The van der Waals surface area contributed by atoms with Gasteiger partial charge in [-0.25, -0.2) is 0 Å². The summed E-state index contributed by atoms with van der Waals surface area (Å²) in [5.74, 6) is 0.972. The third kappa shape index (κ3) is 3.94. The van der Waals surface area contributed by atoms with Crippen LogP contribution in [0.25, 0.3) is 0 Å². The second kappa shape index (κ2) is 6.28. The van der Waals surface area contributed by atoms with Crippen molar-refractivity contribution >= 4 is 0 Å². The molecule has 0 aromatic rings. The van der Waals surface area contributed by atoms with Crippen molar-refractivity contribution in [1.82, 2.24) is 0 Å². The Labute approximate surface area is 77.1 Å². The van der Waals surface area contributed by atoms with E-state index in [0.29, 0.717) is 0 Å². The van der Waals surface area contributed by atoms with Gasteiger partial charge in [-0.2, -0.15) is 0 Å². The highest BCUT2D eigenvalue weighted by Crippen LogP contribution is 2.20. The van der Waals surface area contributed by atoms with E-state index in [-0.39, 0.29) is 0 Å². The molecule has 12 heavy (non-hydrogen) atoms. The second-order valence-electron chi connectivity index (χ2n) is 3.97. The first-order chi connectivity index (χ1) is 5.93. The number of rotatable bonds is 1. The van der Waals surface area contributed by atoms with Gasteiger partial charge in [-0.15, -0.1) is 0 Å². The maximum absolute atomic E-state index is 2.40. The SMILES string of the molecule is CCC1C/C=C\CCCCCC1. The summed E-state index contributed by atoms with van der Waals surface area (Å²) in [6.45, 7) is 2.32. The molecular formula is C12H22. The van der Waals surface area contributed by atoms with E-state index >= 15 is 0 Å². The van der Waals surface area contributed by atoms with Crippen molar-refractivity contribution in [2.24, 2.45) is 5.92 Å². The van der Waals surface area contributed by atoms with E-state index < -0.39 is 0 Å². The Morgan fingerprint density at radius 2 is 1.92 bits per heavy atom. The molecule has 0 heteroatoms. The molecule has 0 saturated heterocycles. The largest absolute Gasteiger partial charge is 0.0885 e. The third-order valence-corrected chi connectivity index (χ3v) is 2.95. The summed E-state index contributed by atoms with van der Waals surface area (Å²) in [5.41, 5.74) is 0. The van der Waals surface area contributed by atoms with Crippen molar-refractivity contribution in [2.45, 2.75) is 58.3 Å². The van der Waals surface area contributed by atoms with Crippen LogP contribution in [-0.4, -0.2) is 0 Å². The van der Waals surface area contributed by atoms with Gasteiger partial charge < -0.3 is 0 Å². The number of hydrogen-bond acceptors (Lipinski definition) is 0. The minimum absolute atomic E-state index is 0.972. The van der Waals surface area contributed by atoms with E-state index in [9.17, 15) is 0 Å². The zero-order chi connectivity index (χ0) is 8.65. The second-order valence-corrected chi connectivity index (χ2v) is 3.97. The molecule has 0 amide bonds. The van der Waals surface area contributed by atoms with Crippen molar-refractivity contribution in [2.75, 3.05) is 0 Å². The maximum atomic E-state index is 2.40. The molecule has 0 aliphatic heterocycles. The summed E-state index contributed by atoms with van der Waals surface area (Å²) in [7, 11) is 0. The van der Waals surface area contributed by atoms with Crippen LogP contribution in [0.15, 0.2) is 12.2 Å². The van der Waals surface area contributed by atoms with E-state index in [1.165, 1.54) is 51.4 Å². The fourth-order valence-electron chi connectivity index (χ4n) is 1.94. The van der Waals surface area contributed by atoms with Gasteiger partial charge in [0, 0.05) is 0 Å². The van der Waals surface area contributed by atoms with Crippen molar-refractivity contribution in [1.29, 1.82) is 0 Å². The molecule has 0 N–H and O–H groups in total. The molecule has 1 unspecified atom stereocenters. The molecule has 1 aliphatic carbocycles. The van der Waals surface area contributed by atoms with Gasteiger partial charge in [0.1, 0.15) is 0 Å². The van der Waals surface area contributed by atoms with Gasteiger partial charge in [0.2, 0.25) is 0 Å². The molecular weight excluding hydrogens is 144 g/mol. The van der Waals surface area contributed by atoms with Crippen LogP contribution in [0.3, 0.4) is 0 Å². The lowest BCUT2D eigenvalue weighted by molar-refractivity contribution is 0.440. The van der Waals surface area contributed by atoms with Crippen molar-refractivity contribution in [3.05, 3.63) is 12.2 Å². The molecule has 1 atom stereocenters. The van der Waals surface area contributed by atoms with Gasteiger partial charge in [0.25, 0.3) is 0 Å². The standard InChI is InChI=1S/C12H22/c1-2-12-10-8-6-4-3-5-7-9-11-12/h6,8,12H,2-5,7,9-11H2,1H3/b8-6-. The first kappa shape index (κ1) is 9.83. The predicted molar refractivity (Wildman–Crippen MR) is 55.2 cm³/mol. The van der Waals surface area contributed by atoms with E-state index in [1.807, 2.05) is 0 Å². The Kier molecular flexibility index (Phi) is 5.14. The Balaban J connectivity index is 2.29. The van der Waals surface area contributed by atoms with Crippen LogP contribution >= 0.6 is 0 Å². The number of allylic oxidation sites excluding steroid dienone is 2. The van der Waals surface area contributed by atoms with E-state index in [4.69, 9.17) is 0 Å². The van der Waals surface area contributed by atoms with Crippen LogP contribution in [0.1, 0.15) is 58.3 Å². The van der Waals surface area contributed by atoms with Gasteiger partial charge in [0.15, 0.2) is 0 Å². The monoisotopic (exact) mass is 166 g/mol. The fourth-order valence-corrected chi connectivity index (χ4v) is 1.94. The van der Waals surface area contributed by atoms with Crippen molar-refractivity contribution in [3.8, 4) is 0 Å². The average Bonchev–Trinajstić information content (AvgIpc) is 2.14. The maximum Gasteiger partial charge on any atom is -0.0322 e. The molecule has 1 aliphatic rings. The molecule has 70 valence electrons. The normalized spacial score (nSPS) is 29.6. The summed E-state index contributed by atoms with van der Waals surface area (Å²) in [5, 5.41) is 0. The fraction of sp³-hybridized carbons (Fsp3) is 0.833. The highest BCUT2D eigenvalue weighted by molar-refractivity contribution is 4.84. The lowest BCUT2D eigenvalue weighted by Crippen LogP contribution is -1.98. The molecule has 0 aromatic heterocycles. The Morgan fingerprint density at radius 1 is 1.08 bits per heavy atom. The first-order valence-corrected chi connectivity index (χ1v) is 5.58. The highest BCUT2D eigenvalue weighted by Gasteiger charge is 2.04. The molecule has 1 rings (SSSR count). The van der Waals surface area contributed by atoms with E-state index in [2.05, 4.69) is 19.1 Å². The minimum atomic E-state index is 0.972. The quantitative estimate of drug-likeness (QED) is 0.509. The zero-order valence-corrected chi connectivity index (χ0v) is 8.39. The Morgan fingerprint density at radius 3 is 2.75 bits per heavy atom. The van der Waals surface area contributed by atoms with Crippen LogP contribution < -0.4 is 0 Å². The lowest BCUT2D eigenvalue weighted by atomic mass is 9.93. The highest BCUT2D eigenvalue weighted by atomic mass is 14.1. The van der Waals surface area contributed by atoms with Crippen molar-refractivity contribution in [3.63, 3.8) is 0 Å². The van der Waals surface area contributed by atoms with E-state index in [0.717, 1.165) is 5.92 Å². The first-order valence-electron chi connectivity index (χ1n) is 5.58. The molecule has 0 bridgehead atoms. The van der Waals surface area contributed by atoms with E-state index in [1.54, 1.807) is 0 Å². The van der Waals surface area contributed by atoms with Gasteiger partial charge in [-0.1, -0.05) is 51.2 Å². The minimum Gasteiger partial charge on any atom is -0.0885 e. The van der Waals surface area contributed by atoms with Gasteiger partial charge in [-0.3, -0.25) is 0 Å². The van der Waals surface area contributed by atoms with Crippen LogP contribution in [0.2, 0.25) is 0 Å². The summed E-state index contributed by atoms with van der Waals surface area (Å²) >= 11 is 0. The molecule has 0 aromatic carbocycles. The van der Waals surface area contributed by atoms with Crippen LogP contribution in [-0.2, 0) is 0 Å². The molecule has 0 fully saturated rings. The van der Waals surface area contributed by atoms with Crippen LogP contribution in [0.5, 0.6) is 0 Å². The summed E-state index contributed by atoms with van der Waals surface area (Å²) in [6.07, 6.45) is 16.0. The topological polar surface area (TPSA) is 0 Å².